The molecule has 1 aliphatic rings. The van der Waals surface area contributed by atoms with E-state index in [1.54, 1.807) is 6.92 Å². The third-order valence-corrected chi connectivity index (χ3v) is 6.77. The van der Waals surface area contributed by atoms with Crippen LogP contribution in [0.3, 0.4) is 0 Å². The van der Waals surface area contributed by atoms with E-state index < -0.39 is 19.1 Å². The molecule has 0 radical (unpaired) electrons. The first-order chi connectivity index (χ1) is 9.23. The maximum atomic E-state index is 12.6. The fraction of sp³-hybridized carbons (Fsp3) is 0.500. The third kappa shape index (κ3) is 3.16. The molecule has 1 fully saturated rings. The minimum Gasteiger partial charge on any atom is -0.207 e. The van der Waals surface area contributed by atoms with Crippen LogP contribution in [0.2, 0.25) is 0 Å². The van der Waals surface area contributed by atoms with E-state index in [1.165, 1.54) is 16.4 Å². The second-order valence-electron chi connectivity index (χ2n) is 4.83. The van der Waals surface area contributed by atoms with Crippen LogP contribution < -0.4 is 0 Å². The lowest BCUT2D eigenvalue weighted by Gasteiger charge is -2.26. The first-order valence-corrected chi connectivity index (χ1v) is 10.0. The number of sulfonamides is 1. The molecule has 0 saturated carbocycles. The molecule has 20 heavy (non-hydrogen) atoms. The normalized spacial score (nSPS) is 18.1. The second-order valence-corrected chi connectivity index (χ2v) is 9.30. The number of hydrogen-bond donors (Lipinski definition) is 0. The molecule has 2 rings (SSSR count). The molecule has 0 N–H and O–H groups in total. The van der Waals surface area contributed by atoms with E-state index in [2.05, 4.69) is 0 Å². The summed E-state index contributed by atoms with van der Waals surface area (Å²) in [6.07, 6.45) is 2.67. The summed E-state index contributed by atoms with van der Waals surface area (Å²) in [5, 5.41) is 0. The van der Waals surface area contributed by atoms with E-state index in [0.29, 0.717) is 18.7 Å². The molecule has 1 heterocycles. The van der Waals surface area contributed by atoms with Crippen LogP contribution in [0.1, 0.15) is 24.8 Å². The summed E-state index contributed by atoms with van der Waals surface area (Å²) in [6.45, 7) is 2.58. The van der Waals surface area contributed by atoms with Crippen LogP contribution in [0.25, 0.3) is 0 Å². The molecule has 1 aromatic rings. The van der Waals surface area contributed by atoms with Gasteiger partial charge in [-0.25, -0.2) is 16.8 Å². The van der Waals surface area contributed by atoms with Crippen LogP contribution in [0, 0.1) is 6.92 Å². The minimum atomic E-state index is -3.94. The number of piperidine rings is 1. The Morgan fingerprint density at radius 1 is 1.05 bits per heavy atom. The quantitative estimate of drug-likeness (QED) is 0.792. The third-order valence-electron chi connectivity index (χ3n) is 3.37. The van der Waals surface area contributed by atoms with Gasteiger partial charge in [-0.1, -0.05) is 12.5 Å². The molecule has 1 saturated heterocycles. The second kappa shape index (κ2) is 5.63. The summed E-state index contributed by atoms with van der Waals surface area (Å²) in [5.41, 5.74) is 0.514. The molecule has 8 heteroatoms. The molecule has 0 amide bonds. The molecule has 0 bridgehead atoms. The zero-order chi connectivity index (χ0) is 15.0. The average Bonchev–Trinajstić information content (AvgIpc) is 2.38. The summed E-state index contributed by atoms with van der Waals surface area (Å²) in [5.74, 6) is 0. The highest BCUT2D eigenvalue weighted by Gasteiger charge is 2.28. The lowest BCUT2D eigenvalue weighted by Crippen LogP contribution is -2.36. The standard InChI is InChI=1S/C12H16ClNO4S2/c1-10-5-6-11(19(13,15)16)9-12(10)20(17,18)14-7-3-2-4-8-14/h5-6,9H,2-4,7-8H2,1H3. The predicted molar refractivity (Wildman–Crippen MR) is 76.8 cm³/mol. The Balaban J connectivity index is 2.50. The minimum absolute atomic E-state index is 0.0149. The summed E-state index contributed by atoms with van der Waals surface area (Å²) < 4.78 is 49.3. The van der Waals surface area contributed by atoms with Crippen molar-refractivity contribution in [3.05, 3.63) is 23.8 Å². The van der Waals surface area contributed by atoms with Crippen LogP contribution in [0.4, 0.5) is 0 Å². The molecule has 112 valence electrons. The Bertz CT molecular complexity index is 707. The Morgan fingerprint density at radius 3 is 2.20 bits per heavy atom. The molecule has 0 unspecified atom stereocenters. The van der Waals surface area contributed by atoms with Crippen molar-refractivity contribution in [3.63, 3.8) is 0 Å². The number of nitrogens with zero attached hydrogens (tertiary/aromatic N) is 1. The van der Waals surface area contributed by atoms with Gasteiger partial charge in [-0.2, -0.15) is 4.31 Å². The van der Waals surface area contributed by atoms with Crippen molar-refractivity contribution in [2.45, 2.75) is 36.0 Å². The molecular weight excluding hydrogens is 322 g/mol. The van der Waals surface area contributed by atoms with Gasteiger partial charge in [-0.05, 0) is 37.5 Å². The topological polar surface area (TPSA) is 71.5 Å². The lowest BCUT2D eigenvalue weighted by atomic mass is 10.2. The molecule has 0 aliphatic carbocycles. The highest BCUT2D eigenvalue weighted by atomic mass is 35.7. The van der Waals surface area contributed by atoms with Gasteiger partial charge in [0.25, 0.3) is 9.05 Å². The van der Waals surface area contributed by atoms with Crippen LogP contribution in [0.5, 0.6) is 0 Å². The van der Waals surface area contributed by atoms with Crippen LogP contribution in [-0.2, 0) is 19.1 Å². The first kappa shape index (κ1) is 15.8. The Labute approximate surface area is 124 Å². The molecule has 1 aromatic carbocycles. The molecule has 0 spiro atoms. The van der Waals surface area contributed by atoms with Crippen molar-refractivity contribution in [2.24, 2.45) is 0 Å². The van der Waals surface area contributed by atoms with Gasteiger partial charge in [0, 0.05) is 23.8 Å². The Kier molecular flexibility index (Phi) is 4.44. The van der Waals surface area contributed by atoms with Crippen molar-refractivity contribution >= 4 is 29.8 Å². The van der Waals surface area contributed by atoms with Crippen molar-refractivity contribution in [3.8, 4) is 0 Å². The lowest BCUT2D eigenvalue weighted by molar-refractivity contribution is 0.346. The van der Waals surface area contributed by atoms with Gasteiger partial charge in [0.2, 0.25) is 10.0 Å². The summed E-state index contributed by atoms with van der Waals surface area (Å²) in [4.78, 5) is -0.179. The SMILES string of the molecule is Cc1ccc(S(=O)(=O)Cl)cc1S(=O)(=O)N1CCCCC1. The number of rotatable bonds is 3. The van der Waals surface area contributed by atoms with Crippen molar-refractivity contribution in [2.75, 3.05) is 13.1 Å². The van der Waals surface area contributed by atoms with Crippen molar-refractivity contribution in [1.82, 2.24) is 4.31 Å². The Morgan fingerprint density at radius 2 is 1.65 bits per heavy atom. The van der Waals surface area contributed by atoms with E-state index in [4.69, 9.17) is 10.7 Å². The largest absolute Gasteiger partial charge is 0.261 e. The first-order valence-electron chi connectivity index (χ1n) is 6.28. The summed E-state index contributed by atoms with van der Waals surface area (Å²) in [7, 11) is -2.33. The summed E-state index contributed by atoms with van der Waals surface area (Å²) >= 11 is 0. The monoisotopic (exact) mass is 337 g/mol. The van der Waals surface area contributed by atoms with Crippen LogP contribution in [-0.4, -0.2) is 34.2 Å². The van der Waals surface area contributed by atoms with Gasteiger partial charge in [-0.15, -0.1) is 0 Å². The van der Waals surface area contributed by atoms with Gasteiger partial charge in [0.05, 0.1) is 9.79 Å². The van der Waals surface area contributed by atoms with E-state index in [1.807, 2.05) is 0 Å². The number of halogens is 1. The van der Waals surface area contributed by atoms with Gasteiger partial charge < -0.3 is 0 Å². The van der Waals surface area contributed by atoms with Crippen molar-refractivity contribution in [1.29, 1.82) is 0 Å². The number of benzene rings is 1. The van der Waals surface area contributed by atoms with Crippen LogP contribution >= 0.6 is 10.7 Å². The fourth-order valence-electron chi connectivity index (χ4n) is 2.25. The van der Waals surface area contributed by atoms with Crippen molar-refractivity contribution < 1.29 is 16.8 Å². The van der Waals surface area contributed by atoms with Gasteiger partial charge in [0.1, 0.15) is 0 Å². The Hall–Kier alpha value is -0.630. The van der Waals surface area contributed by atoms with Crippen LogP contribution in [0.15, 0.2) is 28.0 Å². The van der Waals surface area contributed by atoms with E-state index in [0.717, 1.165) is 25.3 Å². The maximum absolute atomic E-state index is 12.6. The zero-order valence-electron chi connectivity index (χ0n) is 11.0. The maximum Gasteiger partial charge on any atom is 0.261 e. The smallest absolute Gasteiger partial charge is 0.207 e. The number of hydrogen-bond acceptors (Lipinski definition) is 4. The molecule has 0 aromatic heterocycles. The summed E-state index contributed by atoms with van der Waals surface area (Å²) in [6, 6.07) is 3.92. The van der Waals surface area contributed by atoms with E-state index in [-0.39, 0.29) is 9.79 Å². The number of aryl methyl sites for hydroxylation is 1. The zero-order valence-corrected chi connectivity index (χ0v) is 13.4. The molecule has 1 aliphatic heterocycles. The predicted octanol–water partition coefficient (Wildman–Crippen LogP) is 2.10. The van der Waals surface area contributed by atoms with E-state index in [9.17, 15) is 16.8 Å². The highest BCUT2D eigenvalue weighted by Crippen LogP contribution is 2.26. The average molecular weight is 338 g/mol. The molecule has 0 atom stereocenters. The molecule has 5 nitrogen and oxygen atoms in total. The fourth-order valence-corrected chi connectivity index (χ4v) is 4.87. The highest BCUT2D eigenvalue weighted by molar-refractivity contribution is 8.13. The van der Waals surface area contributed by atoms with Gasteiger partial charge >= 0.3 is 0 Å². The van der Waals surface area contributed by atoms with E-state index >= 15 is 0 Å². The molecular formula is C12H16ClNO4S2. The van der Waals surface area contributed by atoms with Gasteiger partial charge in [-0.3, -0.25) is 0 Å². The van der Waals surface area contributed by atoms with Gasteiger partial charge in [0.15, 0.2) is 0 Å².